The molecule has 0 aliphatic heterocycles. The van der Waals surface area contributed by atoms with E-state index in [1.54, 1.807) is 0 Å². The minimum Gasteiger partial charge on any atom is -0.368 e. The lowest BCUT2D eigenvalue weighted by Gasteiger charge is -2.27. The van der Waals surface area contributed by atoms with Gasteiger partial charge in [-0.05, 0) is 30.5 Å². The smallest absolute Gasteiger partial charge is 0.245 e. The summed E-state index contributed by atoms with van der Waals surface area (Å²) in [5.41, 5.74) is 17.3. The zero-order valence-electron chi connectivity index (χ0n) is 14.2. The normalized spacial score (nSPS) is 13.4. The number of hydrogen-bond donors (Lipinski definition) is 3. The van der Waals surface area contributed by atoms with E-state index < -0.39 is 11.4 Å². The van der Waals surface area contributed by atoms with Crippen LogP contribution in [-0.2, 0) is 9.59 Å². The highest BCUT2D eigenvalue weighted by molar-refractivity contribution is 6.10. The van der Waals surface area contributed by atoms with Crippen LogP contribution in [0.3, 0.4) is 0 Å². The molecule has 2 aromatic carbocycles. The van der Waals surface area contributed by atoms with Crippen LogP contribution < -0.4 is 17.2 Å². The van der Waals surface area contributed by atoms with E-state index in [2.05, 4.69) is 0 Å². The van der Waals surface area contributed by atoms with E-state index in [1.807, 2.05) is 60.7 Å². The van der Waals surface area contributed by atoms with Crippen molar-refractivity contribution in [3.8, 4) is 0 Å². The molecule has 25 heavy (non-hydrogen) atoms. The van der Waals surface area contributed by atoms with Crippen LogP contribution in [0.4, 0.5) is 0 Å². The molecule has 1 atom stereocenters. The first-order valence-electron chi connectivity index (χ1n) is 8.41. The number of benzene rings is 2. The second kappa shape index (κ2) is 8.55. The first kappa shape index (κ1) is 18.8. The van der Waals surface area contributed by atoms with Gasteiger partial charge in [0.1, 0.15) is 0 Å². The molecule has 0 saturated heterocycles. The van der Waals surface area contributed by atoms with Gasteiger partial charge < -0.3 is 17.2 Å². The summed E-state index contributed by atoms with van der Waals surface area (Å²) < 4.78 is 0. The van der Waals surface area contributed by atoms with Gasteiger partial charge >= 0.3 is 0 Å². The quantitative estimate of drug-likeness (QED) is 0.604. The van der Waals surface area contributed by atoms with Gasteiger partial charge in [-0.3, -0.25) is 9.59 Å². The predicted octanol–water partition coefficient (Wildman–Crippen LogP) is 1.70. The lowest BCUT2D eigenvalue weighted by atomic mass is 9.80. The van der Waals surface area contributed by atoms with Crippen LogP contribution >= 0.6 is 0 Å². The van der Waals surface area contributed by atoms with E-state index in [9.17, 15) is 9.59 Å². The second-order valence-electron chi connectivity index (χ2n) is 6.23. The maximum atomic E-state index is 12.9. The number of hydrogen-bond acceptors (Lipinski definition) is 4. The summed E-state index contributed by atoms with van der Waals surface area (Å²) >= 11 is 0. The van der Waals surface area contributed by atoms with Crippen molar-refractivity contribution in [1.82, 2.24) is 0 Å². The summed E-state index contributed by atoms with van der Waals surface area (Å²) in [6.07, 6.45) is 0.735. The van der Waals surface area contributed by atoms with Gasteiger partial charge in [0, 0.05) is 12.3 Å². The molecule has 0 aromatic heterocycles. The first-order chi connectivity index (χ1) is 12.0. The van der Waals surface area contributed by atoms with Gasteiger partial charge in [-0.1, -0.05) is 60.7 Å². The zero-order chi connectivity index (χ0) is 18.3. The topological polar surface area (TPSA) is 112 Å². The predicted molar refractivity (Wildman–Crippen MR) is 98.8 cm³/mol. The number of Topliss-reactive ketones (excluding diaryl/α,β-unsaturated/α-hetero) is 1. The molecule has 0 aliphatic rings. The van der Waals surface area contributed by atoms with Crippen LogP contribution in [0, 0.1) is 0 Å². The third kappa shape index (κ3) is 4.53. The first-order valence-corrected chi connectivity index (χ1v) is 8.41. The minimum absolute atomic E-state index is 0.109. The Kier molecular flexibility index (Phi) is 6.44. The Morgan fingerprint density at radius 3 is 1.80 bits per heavy atom. The Labute approximate surface area is 148 Å². The van der Waals surface area contributed by atoms with Crippen molar-refractivity contribution in [3.63, 3.8) is 0 Å². The fourth-order valence-corrected chi connectivity index (χ4v) is 2.95. The Hall–Kier alpha value is -2.50. The van der Waals surface area contributed by atoms with Crippen LogP contribution in [0.25, 0.3) is 0 Å². The lowest BCUT2D eigenvalue weighted by Crippen LogP contribution is -2.58. The highest BCUT2D eigenvalue weighted by atomic mass is 16.2. The number of carbonyl (C=O) groups excluding carboxylic acids is 2. The monoisotopic (exact) mass is 339 g/mol. The average molecular weight is 339 g/mol. The van der Waals surface area contributed by atoms with Crippen LogP contribution in [0.5, 0.6) is 0 Å². The SMILES string of the molecule is NCCC[C@](N)(C(N)=O)C(=O)CC(c1ccccc1)c1ccccc1. The molecule has 0 saturated carbocycles. The molecule has 0 spiro atoms. The number of amides is 1. The summed E-state index contributed by atoms with van der Waals surface area (Å²) in [4.78, 5) is 24.8. The Morgan fingerprint density at radius 1 is 0.920 bits per heavy atom. The van der Waals surface area contributed by atoms with Gasteiger partial charge in [0.25, 0.3) is 0 Å². The summed E-state index contributed by atoms with van der Waals surface area (Å²) in [6, 6.07) is 19.4. The van der Waals surface area contributed by atoms with Crippen molar-refractivity contribution in [3.05, 3.63) is 71.8 Å². The van der Waals surface area contributed by atoms with E-state index in [4.69, 9.17) is 17.2 Å². The third-order valence-electron chi connectivity index (χ3n) is 4.51. The Bertz CT molecular complexity index is 664. The van der Waals surface area contributed by atoms with E-state index in [1.165, 1.54) is 0 Å². The molecule has 5 heteroatoms. The maximum Gasteiger partial charge on any atom is 0.245 e. The molecule has 5 nitrogen and oxygen atoms in total. The van der Waals surface area contributed by atoms with Crippen molar-refractivity contribution in [2.75, 3.05) is 6.54 Å². The average Bonchev–Trinajstić information content (AvgIpc) is 2.65. The number of primary amides is 1. The molecule has 0 heterocycles. The fourth-order valence-electron chi connectivity index (χ4n) is 2.95. The van der Waals surface area contributed by atoms with E-state index in [0.29, 0.717) is 13.0 Å². The number of rotatable bonds is 9. The van der Waals surface area contributed by atoms with Gasteiger partial charge in [-0.15, -0.1) is 0 Å². The van der Waals surface area contributed by atoms with Crippen molar-refractivity contribution >= 4 is 11.7 Å². The van der Waals surface area contributed by atoms with E-state index >= 15 is 0 Å². The van der Waals surface area contributed by atoms with Gasteiger partial charge in [0.2, 0.25) is 5.91 Å². The summed E-state index contributed by atoms with van der Waals surface area (Å²) in [5, 5.41) is 0. The van der Waals surface area contributed by atoms with E-state index in [0.717, 1.165) is 11.1 Å². The molecule has 2 rings (SSSR count). The van der Waals surface area contributed by atoms with Crippen LogP contribution in [0.2, 0.25) is 0 Å². The summed E-state index contributed by atoms with van der Waals surface area (Å²) in [5.74, 6) is -1.34. The molecule has 2 aromatic rings. The van der Waals surface area contributed by atoms with Crippen LogP contribution in [0.1, 0.15) is 36.3 Å². The second-order valence-corrected chi connectivity index (χ2v) is 6.23. The van der Waals surface area contributed by atoms with Crippen molar-refractivity contribution < 1.29 is 9.59 Å². The lowest BCUT2D eigenvalue weighted by molar-refractivity contribution is -0.134. The molecular weight excluding hydrogens is 314 g/mol. The maximum absolute atomic E-state index is 12.9. The highest BCUT2D eigenvalue weighted by Gasteiger charge is 2.40. The number of nitrogens with two attached hydrogens (primary N) is 3. The van der Waals surface area contributed by atoms with Crippen LogP contribution in [0.15, 0.2) is 60.7 Å². The Balaban J connectivity index is 2.33. The minimum atomic E-state index is -1.68. The molecule has 0 unspecified atom stereocenters. The third-order valence-corrected chi connectivity index (χ3v) is 4.51. The summed E-state index contributed by atoms with van der Waals surface area (Å²) in [7, 11) is 0. The Morgan fingerprint density at radius 2 is 1.40 bits per heavy atom. The zero-order valence-corrected chi connectivity index (χ0v) is 14.2. The number of carbonyl (C=O) groups is 2. The fraction of sp³-hybridized carbons (Fsp3) is 0.300. The van der Waals surface area contributed by atoms with Gasteiger partial charge in [-0.25, -0.2) is 0 Å². The molecule has 132 valence electrons. The summed E-state index contributed by atoms with van der Waals surface area (Å²) in [6.45, 7) is 0.348. The van der Waals surface area contributed by atoms with Gasteiger partial charge in [0.05, 0.1) is 0 Å². The van der Waals surface area contributed by atoms with Crippen LogP contribution in [-0.4, -0.2) is 23.8 Å². The molecule has 0 aliphatic carbocycles. The van der Waals surface area contributed by atoms with Crippen molar-refractivity contribution in [2.24, 2.45) is 17.2 Å². The number of ketones is 1. The van der Waals surface area contributed by atoms with Gasteiger partial charge in [0.15, 0.2) is 11.3 Å². The molecule has 0 fully saturated rings. The van der Waals surface area contributed by atoms with Crippen molar-refractivity contribution in [2.45, 2.75) is 30.7 Å². The molecule has 0 bridgehead atoms. The van der Waals surface area contributed by atoms with Gasteiger partial charge in [-0.2, -0.15) is 0 Å². The highest BCUT2D eigenvalue weighted by Crippen LogP contribution is 2.30. The molecule has 0 radical (unpaired) electrons. The molecular formula is C20H25N3O2. The standard InChI is InChI=1S/C20H25N3O2/c21-13-7-12-20(23,19(22)25)18(24)14-17(15-8-3-1-4-9-15)16-10-5-2-6-11-16/h1-6,8-11,17H,7,12-14,21,23H2,(H2,22,25)/t20-/m1/s1. The van der Waals surface area contributed by atoms with E-state index in [-0.39, 0.29) is 24.5 Å². The molecule has 6 N–H and O–H groups in total. The van der Waals surface area contributed by atoms with Crippen molar-refractivity contribution in [1.29, 1.82) is 0 Å². The largest absolute Gasteiger partial charge is 0.368 e. The molecule has 1 amide bonds.